The van der Waals surface area contributed by atoms with Gasteiger partial charge in [0, 0.05) is 22.8 Å². The summed E-state index contributed by atoms with van der Waals surface area (Å²) in [6, 6.07) is 11.2. The molecule has 0 bridgehead atoms. The number of carbonyl (C=O) groups is 4. The molecule has 4 aromatic rings. The predicted octanol–water partition coefficient (Wildman–Crippen LogP) is 2.95. The fourth-order valence-electron chi connectivity index (χ4n) is 4.71. The number of aromatic nitrogens is 6. The number of ether oxygens (including phenoxy) is 2. The monoisotopic (exact) mass is 730 g/mol. The minimum atomic E-state index is -4.63. The first kappa shape index (κ1) is 36.4. The van der Waals surface area contributed by atoms with Crippen molar-refractivity contribution in [2.75, 3.05) is 30.9 Å². The van der Waals surface area contributed by atoms with E-state index in [2.05, 4.69) is 46.4 Å². The third kappa shape index (κ3) is 10.3. The number of nitrogens with one attached hydrogen (secondary N) is 4. The van der Waals surface area contributed by atoms with Gasteiger partial charge >= 0.3 is 18.2 Å². The lowest BCUT2D eigenvalue weighted by atomic mass is 10.1. The lowest BCUT2D eigenvalue weighted by molar-refractivity contribution is -0.154. The average molecular weight is 731 g/mol. The van der Waals surface area contributed by atoms with Crippen LogP contribution in [0.25, 0.3) is 0 Å². The van der Waals surface area contributed by atoms with E-state index >= 15 is 0 Å². The van der Waals surface area contributed by atoms with Crippen LogP contribution in [0.5, 0.6) is 6.01 Å². The van der Waals surface area contributed by atoms with E-state index in [1.165, 1.54) is 41.5 Å². The second-order valence-electron chi connectivity index (χ2n) is 11.2. The molecule has 1 saturated carbocycles. The fourth-order valence-corrected chi connectivity index (χ4v) is 4.84. The number of halogens is 4. The van der Waals surface area contributed by atoms with E-state index in [1.54, 1.807) is 12.1 Å². The van der Waals surface area contributed by atoms with Gasteiger partial charge in [-0.25, -0.2) is 4.79 Å². The fraction of sp³-hybridized carbons (Fsp3) is 0.323. The Morgan fingerprint density at radius 3 is 2.25 bits per heavy atom. The van der Waals surface area contributed by atoms with Crippen LogP contribution in [0.15, 0.2) is 61.2 Å². The molecule has 2 aromatic carbocycles. The molecule has 20 heteroatoms. The van der Waals surface area contributed by atoms with Crippen LogP contribution in [0.2, 0.25) is 5.02 Å². The molecule has 2 heterocycles. The third-order valence-corrected chi connectivity index (χ3v) is 7.69. The summed E-state index contributed by atoms with van der Waals surface area (Å²) in [6.07, 6.45) is -0.748. The van der Waals surface area contributed by atoms with E-state index in [1.807, 2.05) is 12.1 Å². The Bertz CT molecular complexity index is 1860. The lowest BCUT2D eigenvalue weighted by Crippen LogP contribution is -2.44. The molecule has 1 aliphatic carbocycles. The second kappa shape index (κ2) is 15.8. The summed E-state index contributed by atoms with van der Waals surface area (Å²) in [7, 11) is 1.13. The third-order valence-electron chi connectivity index (χ3n) is 7.44. The average Bonchev–Trinajstić information content (AvgIpc) is 3.69. The maximum absolute atomic E-state index is 13.0. The number of methoxy groups -OCH3 is 1. The summed E-state index contributed by atoms with van der Waals surface area (Å²) >= 11 is 6.02. The number of Topliss-reactive ketones (excluding diaryl/α,β-unsaturated/α-hetero) is 1. The van der Waals surface area contributed by atoms with Crippen molar-refractivity contribution in [3.05, 3.63) is 77.3 Å². The number of hydrogen-bond donors (Lipinski definition) is 4. The largest absolute Gasteiger partial charge is 0.467 e. The molecule has 268 valence electrons. The topological polar surface area (TPSA) is 204 Å². The highest BCUT2D eigenvalue weighted by Gasteiger charge is 2.45. The Balaban J connectivity index is 1.22. The zero-order chi connectivity index (χ0) is 36.6. The van der Waals surface area contributed by atoms with Crippen LogP contribution < -0.4 is 26.0 Å². The van der Waals surface area contributed by atoms with Gasteiger partial charge in [-0.3, -0.25) is 14.4 Å². The SMILES string of the molecule is COC(=O)[C@H](CCNC(=O)C(=O)Cn1cnnc1)NC(=O)c1ccc(Nc2nc(NC3(c4ccc(Cl)cc4)CC3)nc(OCC(F)(F)F)n2)cc1. The molecule has 51 heavy (non-hydrogen) atoms. The van der Waals surface area contributed by atoms with Crippen molar-refractivity contribution in [3.63, 3.8) is 0 Å². The van der Waals surface area contributed by atoms with Gasteiger partial charge in [-0.2, -0.15) is 28.1 Å². The van der Waals surface area contributed by atoms with E-state index in [-0.39, 0.29) is 37.0 Å². The minimum absolute atomic E-state index is 0.0296. The summed E-state index contributed by atoms with van der Waals surface area (Å²) in [5.74, 6) is -3.26. The highest BCUT2D eigenvalue weighted by molar-refractivity contribution is 6.36. The van der Waals surface area contributed by atoms with Crippen LogP contribution in [-0.2, 0) is 31.2 Å². The van der Waals surface area contributed by atoms with Crippen molar-refractivity contribution in [1.82, 2.24) is 40.3 Å². The van der Waals surface area contributed by atoms with Gasteiger partial charge in [0.1, 0.15) is 18.7 Å². The first-order chi connectivity index (χ1) is 24.3. The van der Waals surface area contributed by atoms with Gasteiger partial charge in [0.05, 0.1) is 19.2 Å². The Labute approximate surface area is 292 Å². The molecule has 1 aliphatic rings. The number of carbonyl (C=O) groups excluding carboxylic acids is 4. The van der Waals surface area contributed by atoms with Crippen molar-refractivity contribution in [1.29, 1.82) is 0 Å². The molecule has 1 atom stereocenters. The minimum Gasteiger partial charge on any atom is -0.467 e. The Morgan fingerprint density at radius 2 is 1.63 bits per heavy atom. The van der Waals surface area contributed by atoms with Crippen molar-refractivity contribution in [2.45, 2.75) is 43.6 Å². The number of alkyl halides is 3. The van der Waals surface area contributed by atoms with Gasteiger partial charge in [-0.05, 0) is 61.2 Å². The van der Waals surface area contributed by atoms with E-state index < -0.39 is 53.9 Å². The first-order valence-electron chi connectivity index (χ1n) is 15.2. The summed E-state index contributed by atoms with van der Waals surface area (Å²) in [5, 5.41) is 18.6. The van der Waals surface area contributed by atoms with Crippen LogP contribution in [0.3, 0.4) is 0 Å². The molecule has 2 aromatic heterocycles. The molecule has 0 aliphatic heterocycles. The predicted molar refractivity (Wildman–Crippen MR) is 173 cm³/mol. The number of benzene rings is 2. The molecule has 5 rings (SSSR count). The molecule has 0 spiro atoms. The first-order valence-corrected chi connectivity index (χ1v) is 15.6. The van der Waals surface area contributed by atoms with Gasteiger partial charge in [-0.15, -0.1) is 10.2 Å². The number of hydrogen-bond acceptors (Lipinski definition) is 13. The number of rotatable bonds is 16. The maximum Gasteiger partial charge on any atom is 0.422 e. The van der Waals surface area contributed by atoms with Crippen molar-refractivity contribution < 1.29 is 41.8 Å². The highest BCUT2D eigenvalue weighted by atomic mass is 35.5. The van der Waals surface area contributed by atoms with Crippen LogP contribution in [-0.4, -0.2) is 85.8 Å². The summed E-state index contributed by atoms with van der Waals surface area (Å²) in [5.41, 5.74) is 0.826. The molecule has 0 unspecified atom stereocenters. The van der Waals surface area contributed by atoms with E-state index in [4.69, 9.17) is 21.1 Å². The Morgan fingerprint density at radius 1 is 0.961 bits per heavy atom. The normalized spacial score (nSPS) is 13.7. The number of anilines is 3. The zero-order valence-corrected chi connectivity index (χ0v) is 27.5. The maximum atomic E-state index is 13.0. The van der Waals surface area contributed by atoms with Crippen LogP contribution in [0, 0.1) is 0 Å². The van der Waals surface area contributed by atoms with Crippen LogP contribution in [0.4, 0.5) is 30.8 Å². The standard InChI is InChI=1S/C31H30ClF3N10O6/c1-50-26(49)22(10-13-36-25(48)23(46)14-45-16-37-38-17-45)40-24(47)18-2-8-21(9-3-18)39-27-41-28(43-29(42-27)51-15-31(33,34)35)44-30(11-12-30)19-4-6-20(32)7-5-19/h2-9,16-17,22H,10-15H2,1H3,(H,36,48)(H,40,47)(H2,39,41,42,43,44)/t22-/m0/s1. The lowest BCUT2D eigenvalue weighted by Gasteiger charge is -2.19. The van der Waals surface area contributed by atoms with Gasteiger partial charge in [0.2, 0.25) is 17.7 Å². The van der Waals surface area contributed by atoms with E-state index in [0.717, 1.165) is 12.7 Å². The molecule has 0 saturated heterocycles. The van der Waals surface area contributed by atoms with Crippen LogP contribution in [0.1, 0.15) is 35.2 Å². The molecule has 2 amide bonds. The summed E-state index contributed by atoms with van der Waals surface area (Å²) in [6.45, 7) is -2.03. The van der Waals surface area contributed by atoms with Crippen LogP contribution >= 0.6 is 11.6 Å². The van der Waals surface area contributed by atoms with Crippen molar-refractivity contribution in [3.8, 4) is 6.01 Å². The summed E-state index contributed by atoms with van der Waals surface area (Å²) < 4.78 is 49.7. The van der Waals surface area contributed by atoms with Gasteiger partial charge in [0.15, 0.2) is 6.61 Å². The van der Waals surface area contributed by atoms with E-state index in [0.29, 0.717) is 23.6 Å². The quantitative estimate of drug-likeness (QED) is 0.0969. The number of amides is 2. The molecular weight excluding hydrogens is 701 g/mol. The molecule has 1 fully saturated rings. The number of esters is 1. The molecule has 16 nitrogen and oxygen atoms in total. The van der Waals surface area contributed by atoms with E-state index in [9.17, 15) is 32.3 Å². The zero-order valence-electron chi connectivity index (χ0n) is 26.7. The van der Waals surface area contributed by atoms with Gasteiger partial charge in [-0.1, -0.05) is 23.7 Å². The number of ketones is 1. The Kier molecular flexibility index (Phi) is 11.3. The second-order valence-corrected chi connectivity index (χ2v) is 11.7. The highest BCUT2D eigenvalue weighted by Crippen LogP contribution is 2.48. The van der Waals surface area contributed by atoms with Crippen molar-refractivity contribution >= 4 is 52.8 Å². The van der Waals surface area contributed by atoms with Gasteiger partial charge < -0.3 is 35.3 Å². The summed E-state index contributed by atoms with van der Waals surface area (Å²) in [4.78, 5) is 61.9. The smallest absolute Gasteiger partial charge is 0.422 e. The molecule has 4 N–H and O–H groups in total. The van der Waals surface area contributed by atoms with Gasteiger partial charge in [0.25, 0.3) is 11.8 Å². The molecular formula is C31H30ClF3N10O6. The van der Waals surface area contributed by atoms with Crippen molar-refractivity contribution in [2.24, 2.45) is 0 Å². The number of nitrogens with zero attached hydrogens (tertiary/aromatic N) is 6. The molecule has 0 radical (unpaired) electrons. The Hall–Kier alpha value is -5.85.